The zero-order valence-electron chi connectivity index (χ0n) is 13.1. The predicted molar refractivity (Wildman–Crippen MR) is 84.5 cm³/mol. The molecule has 0 aromatic heterocycles. The van der Waals surface area contributed by atoms with Crippen LogP contribution in [0.25, 0.3) is 0 Å². The maximum atomic E-state index is 5.67. The third kappa shape index (κ3) is 5.14. The number of hydrogen-bond donors (Lipinski definition) is 0. The van der Waals surface area contributed by atoms with Crippen LogP contribution in [-0.4, -0.2) is 55.7 Å². The van der Waals surface area contributed by atoms with Crippen molar-refractivity contribution >= 4 is 0 Å². The lowest BCUT2D eigenvalue weighted by atomic mass is 10.1. The van der Waals surface area contributed by atoms with E-state index in [0.717, 1.165) is 12.2 Å². The molecule has 0 aliphatic carbocycles. The Labute approximate surface area is 123 Å². The second kappa shape index (κ2) is 7.65. The highest BCUT2D eigenvalue weighted by Gasteiger charge is 2.12. The standard InChI is InChI=1S/C17H28N2O/c1-15(2)20-17-8-6-16(7-9-17)5-4-10-19-13-11-18(3)12-14-19/h6-9,15H,4-5,10-14H2,1-3H3. The van der Waals surface area contributed by atoms with E-state index in [9.17, 15) is 0 Å². The van der Waals surface area contributed by atoms with Crippen LogP contribution >= 0.6 is 0 Å². The van der Waals surface area contributed by atoms with Crippen LogP contribution in [0, 0.1) is 0 Å². The van der Waals surface area contributed by atoms with Gasteiger partial charge in [0.1, 0.15) is 5.75 Å². The molecule has 3 nitrogen and oxygen atoms in total. The van der Waals surface area contributed by atoms with Crippen molar-refractivity contribution in [3.8, 4) is 5.75 Å². The highest BCUT2D eigenvalue weighted by atomic mass is 16.5. The monoisotopic (exact) mass is 276 g/mol. The fourth-order valence-corrected chi connectivity index (χ4v) is 2.59. The van der Waals surface area contributed by atoms with Gasteiger partial charge in [-0.05, 0) is 58.0 Å². The van der Waals surface area contributed by atoms with Gasteiger partial charge in [0.2, 0.25) is 0 Å². The minimum atomic E-state index is 0.248. The molecule has 3 heteroatoms. The highest BCUT2D eigenvalue weighted by Crippen LogP contribution is 2.15. The molecular formula is C17H28N2O. The van der Waals surface area contributed by atoms with E-state index in [-0.39, 0.29) is 6.10 Å². The van der Waals surface area contributed by atoms with Gasteiger partial charge in [-0.1, -0.05) is 12.1 Å². The van der Waals surface area contributed by atoms with E-state index in [4.69, 9.17) is 4.74 Å². The lowest BCUT2D eigenvalue weighted by Gasteiger charge is -2.32. The van der Waals surface area contributed by atoms with Gasteiger partial charge in [-0.25, -0.2) is 0 Å². The minimum Gasteiger partial charge on any atom is -0.491 e. The molecule has 0 amide bonds. The average Bonchev–Trinajstić information content (AvgIpc) is 2.42. The SMILES string of the molecule is CC(C)Oc1ccc(CCCN2CCN(C)CC2)cc1. The summed E-state index contributed by atoms with van der Waals surface area (Å²) < 4.78 is 5.67. The molecule has 1 fully saturated rings. The van der Waals surface area contributed by atoms with E-state index in [1.807, 2.05) is 0 Å². The molecule has 1 heterocycles. The van der Waals surface area contributed by atoms with Gasteiger partial charge in [0, 0.05) is 26.2 Å². The Morgan fingerprint density at radius 3 is 2.30 bits per heavy atom. The number of ether oxygens (including phenoxy) is 1. The molecule has 1 saturated heterocycles. The summed E-state index contributed by atoms with van der Waals surface area (Å²) in [6.45, 7) is 10.2. The van der Waals surface area contributed by atoms with Gasteiger partial charge in [0.25, 0.3) is 0 Å². The number of rotatable bonds is 6. The number of aryl methyl sites for hydroxylation is 1. The first-order chi connectivity index (χ1) is 9.63. The zero-order chi connectivity index (χ0) is 14.4. The van der Waals surface area contributed by atoms with Gasteiger partial charge in [0.15, 0.2) is 0 Å². The third-order valence-electron chi connectivity index (χ3n) is 3.83. The number of hydrogen-bond acceptors (Lipinski definition) is 3. The largest absolute Gasteiger partial charge is 0.491 e. The third-order valence-corrected chi connectivity index (χ3v) is 3.83. The van der Waals surface area contributed by atoms with Crippen LogP contribution in [0.2, 0.25) is 0 Å². The van der Waals surface area contributed by atoms with Gasteiger partial charge in [-0.2, -0.15) is 0 Å². The molecule has 0 radical (unpaired) electrons. The van der Waals surface area contributed by atoms with Crippen molar-refractivity contribution in [2.45, 2.75) is 32.8 Å². The van der Waals surface area contributed by atoms with Gasteiger partial charge in [-0.15, -0.1) is 0 Å². The Bertz CT molecular complexity index is 380. The normalized spacial score (nSPS) is 17.6. The van der Waals surface area contributed by atoms with Gasteiger partial charge in [-0.3, -0.25) is 0 Å². The summed E-state index contributed by atoms with van der Waals surface area (Å²) in [5.74, 6) is 0.975. The summed E-state index contributed by atoms with van der Waals surface area (Å²) >= 11 is 0. The summed E-state index contributed by atoms with van der Waals surface area (Å²) in [5.41, 5.74) is 1.41. The molecular weight excluding hydrogens is 248 g/mol. The topological polar surface area (TPSA) is 15.7 Å². The quantitative estimate of drug-likeness (QED) is 0.794. The summed E-state index contributed by atoms with van der Waals surface area (Å²) in [7, 11) is 2.21. The minimum absolute atomic E-state index is 0.248. The van der Waals surface area contributed by atoms with Gasteiger partial charge < -0.3 is 14.5 Å². The number of piperazine rings is 1. The number of nitrogens with zero attached hydrogens (tertiary/aromatic N) is 2. The highest BCUT2D eigenvalue weighted by molar-refractivity contribution is 5.27. The van der Waals surface area contributed by atoms with Crippen molar-refractivity contribution in [2.75, 3.05) is 39.8 Å². The smallest absolute Gasteiger partial charge is 0.119 e. The maximum Gasteiger partial charge on any atom is 0.119 e. The lowest BCUT2D eigenvalue weighted by Crippen LogP contribution is -2.44. The Balaban J connectivity index is 1.69. The maximum absolute atomic E-state index is 5.67. The van der Waals surface area contributed by atoms with E-state index in [0.29, 0.717) is 0 Å². The molecule has 0 spiro atoms. The Hall–Kier alpha value is -1.06. The van der Waals surface area contributed by atoms with Crippen LogP contribution in [0.5, 0.6) is 5.75 Å². The van der Waals surface area contributed by atoms with E-state index in [1.54, 1.807) is 0 Å². The Morgan fingerprint density at radius 2 is 1.70 bits per heavy atom. The molecule has 2 rings (SSSR count). The average molecular weight is 276 g/mol. The van der Waals surface area contributed by atoms with Crippen LogP contribution in [0.1, 0.15) is 25.8 Å². The van der Waals surface area contributed by atoms with Crippen LogP contribution < -0.4 is 4.74 Å². The molecule has 0 saturated carbocycles. The van der Waals surface area contributed by atoms with Crippen LogP contribution in [-0.2, 0) is 6.42 Å². The molecule has 20 heavy (non-hydrogen) atoms. The first-order valence-corrected chi connectivity index (χ1v) is 7.80. The zero-order valence-corrected chi connectivity index (χ0v) is 13.1. The van der Waals surface area contributed by atoms with E-state index in [2.05, 4.69) is 55.0 Å². The first kappa shape index (κ1) is 15.3. The van der Waals surface area contributed by atoms with Crippen molar-refractivity contribution < 1.29 is 4.74 Å². The molecule has 1 aromatic rings. The molecule has 1 aliphatic heterocycles. The lowest BCUT2D eigenvalue weighted by molar-refractivity contribution is 0.153. The number of benzene rings is 1. The molecule has 1 aliphatic rings. The molecule has 0 atom stereocenters. The van der Waals surface area contributed by atoms with Crippen LogP contribution in [0.3, 0.4) is 0 Å². The Kier molecular flexibility index (Phi) is 5.86. The molecule has 0 bridgehead atoms. The summed E-state index contributed by atoms with van der Waals surface area (Å²) in [5, 5.41) is 0. The fraction of sp³-hybridized carbons (Fsp3) is 0.647. The van der Waals surface area contributed by atoms with Crippen molar-refractivity contribution in [1.29, 1.82) is 0 Å². The van der Waals surface area contributed by atoms with Crippen LogP contribution in [0.4, 0.5) is 0 Å². The summed E-state index contributed by atoms with van der Waals surface area (Å²) in [6.07, 6.45) is 2.65. The second-order valence-corrected chi connectivity index (χ2v) is 6.06. The van der Waals surface area contributed by atoms with E-state index < -0.39 is 0 Å². The van der Waals surface area contributed by atoms with Gasteiger partial charge in [0.05, 0.1) is 6.10 Å². The summed E-state index contributed by atoms with van der Waals surface area (Å²) in [6, 6.07) is 8.57. The van der Waals surface area contributed by atoms with E-state index in [1.165, 1.54) is 44.7 Å². The molecule has 0 unspecified atom stereocenters. The van der Waals surface area contributed by atoms with E-state index >= 15 is 0 Å². The predicted octanol–water partition coefficient (Wildman–Crippen LogP) is 2.65. The van der Waals surface area contributed by atoms with Crippen LogP contribution in [0.15, 0.2) is 24.3 Å². The fourth-order valence-electron chi connectivity index (χ4n) is 2.59. The molecule has 0 N–H and O–H groups in total. The van der Waals surface area contributed by atoms with Crippen molar-refractivity contribution in [1.82, 2.24) is 9.80 Å². The molecule has 1 aromatic carbocycles. The first-order valence-electron chi connectivity index (χ1n) is 7.80. The second-order valence-electron chi connectivity index (χ2n) is 6.06. The van der Waals surface area contributed by atoms with Crippen molar-refractivity contribution in [3.63, 3.8) is 0 Å². The van der Waals surface area contributed by atoms with Crippen molar-refractivity contribution in [2.24, 2.45) is 0 Å². The van der Waals surface area contributed by atoms with Crippen molar-refractivity contribution in [3.05, 3.63) is 29.8 Å². The van der Waals surface area contributed by atoms with Gasteiger partial charge >= 0.3 is 0 Å². The number of likely N-dealkylation sites (N-methyl/N-ethyl adjacent to an activating group) is 1. The Morgan fingerprint density at radius 1 is 1.05 bits per heavy atom. The molecule has 112 valence electrons. The summed E-state index contributed by atoms with van der Waals surface area (Å²) in [4.78, 5) is 4.99.